The quantitative estimate of drug-likeness (QED) is 0.750. The largest absolute Gasteiger partial charge is 0.461 e. The Morgan fingerprint density at radius 3 is 2.62 bits per heavy atom. The van der Waals surface area contributed by atoms with Crippen LogP contribution in [-0.2, 0) is 9.47 Å². The van der Waals surface area contributed by atoms with Crippen LogP contribution in [0.25, 0.3) is 11.4 Å². The number of aryl methyl sites for hydroxylation is 1. The minimum absolute atomic E-state index is 0.0415. The molecule has 1 atom stereocenters. The average molecular weight is 338 g/mol. The number of benzene rings is 1. The second-order valence-corrected chi connectivity index (χ2v) is 5.14. The fraction of sp³-hybridized carbons (Fsp3) is 0.412. The molecule has 0 aliphatic carbocycles. The number of rotatable bonds is 6. The van der Waals surface area contributed by atoms with Crippen LogP contribution in [0.1, 0.15) is 43.2 Å². The third-order valence-corrected chi connectivity index (χ3v) is 3.49. The lowest BCUT2D eigenvalue weighted by atomic mass is 10.2. The summed E-state index contributed by atoms with van der Waals surface area (Å²) in [4.78, 5) is 16.6. The van der Waals surface area contributed by atoms with E-state index in [-0.39, 0.29) is 23.7 Å². The second kappa shape index (κ2) is 7.53. The maximum Gasteiger partial charge on any atom is 0.356 e. The fourth-order valence-corrected chi connectivity index (χ4v) is 2.52. The Kier molecular flexibility index (Phi) is 5.66. The normalized spacial score (nSPS) is 12.2. The molecule has 0 spiro atoms. The zero-order chi connectivity index (χ0) is 17.9. The van der Waals surface area contributed by atoms with Crippen LogP contribution in [0.3, 0.4) is 0 Å². The molecular weight excluding hydrogens is 318 g/mol. The van der Waals surface area contributed by atoms with E-state index in [0.717, 1.165) is 18.2 Å². The predicted octanol–water partition coefficient (Wildman–Crippen LogP) is 3.87. The monoisotopic (exact) mass is 338 g/mol. The molecule has 0 N–H and O–H groups in total. The van der Waals surface area contributed by atoms with Crippen molar-refractivity contribution in [3.8, 4) is 11.4 Å². The minimum Gasteiger partial charge on any atom is -0.461 e. The molecule has 0 fully saturated rings. The van der Waals surface area contributed by atoms with Crippen molar-refractivity contribution in [2.75, 3.05) is 13.2 Å². The van der Waals surface area contributed by atoms with E-state index in [1.165, 1.54) is 4.57 Å². The van der Waals surface area contributed by atoms with E-state index in [9.17, 15) is 13.6 Å². The highest BCUT2D eigenvalue weighted by Gasteiger charge is 2.27. The lowest BCUT2D eigenvalue weighted by Crippen LogP contribution is -2.19. The molecule has 5 nitrogen and oxygen atoms in total. The van der Waals surface area contributed by atoms with Crippen LogP contribution in [0.15, 0.2) is 18.2 Å². The van der Waals surface area contributed by atoms with Crippen LogP contribution < -0.4 is 0 Å². The number of ether oxygens (including phenoxy) is 2. The molecule has 2 aromatic rings. The average Bonchev–Trinajstić information content (AvgIpc) is 2.87. The first-order valence-corrected chi connectivity index (χ1v) is 7.73. The molecule has 1 unspecified atom stereocenters. The van der Waals surface area contributed by atoms with Crippen molar-refractivity contribution in [3.05, 3.63) is 41.2 Å². The summed E-state index contributed by atoms with van der Waals surface area (Å²) in [6, 6.07) is 3.09. The number of hydrogen-bond acceptors (Lipinski definition) is 4. The molecule has 0 saturated heterocycles. The first kappa shape index (κ1) is 18.1. The van der Waals surface area contributed by atoms with Crippen LogP contribution >= 0.6 is 0 Å². The highest BCUT2D eigenvalue weighted by Crippen LogP contribution is 2.29. The van der Waals surface area contributed by atoms with E-state index in [1.54, 1.807) is 27.7 Å². The van der Waals surface area contributed by atoms with Gasteiger partial charge in [0.15, 0.2) is 5.69 Å². The number of carbonyl (C=O) groups excluding carboxylic acids is 1. The standard InChI is InChI=1S/C17H20F2N2O3/c1-5-23-11(4)21-15(17(22)24-6-2)10(3)20-16(21)13-9-12(18)7-8-14(13)19/h7-9,11H,5-6H2,1-4H3. The van der Waals surface area contributed by atoms with E-state index in [0.29, 0.717) is 12.3 Å². The zero-order valence-electron chi connectivity index (χ0n) is 14.1. The van der Waals surface area contributed by atoms with E-state index in [2.05, 4.69) is 4.98 Å². The number of halogens is 2. The number of carbonyl (C=O) groups is 1. The third-order valence-electron chi connectivity index (χ3n) is 3.49. The van der Waals surface area contributed by atoms with Gasteiger partial charge in [-0.25, -0.2) is 18.6 Å². The van der Waals surface area contributed by atoms with Crippen LogP contribution in [0.5, 0.6) is 0 Å². The summed E-state index contributed by atoms with van der Waals surface area (Å²) in [6.07, 6.45) is -0.603. The maximum absolute atomic E-state index is 14.2. The first-order chi connectivity index (χ1) is 11.4. The maximum atomic E-state index is 14.2. The van der Waals surface area contributed by atoms with Gasteiger partial charge >= 0.3 is 5.97 Å². The molecule has 0 bridgehead atoms. The molecule has 24 heavy (non-hydrogen) atoms. The molecule has 2 rings (SSSR count). The van der Waals surface area contributed by atoms with E-state index < -0.39 is 23.8 Å². The Morgan fingerprint density at radius 1 is 1.29 bits per heavy atom. The van der Waals surface area contributed by atoms with Crippen molar-refractivity contribution in [1.82, 2.24) is 9.55 Å². The van der Waals surface area contributed by atoms with Crippen LogP contribution in [0.2, 0.25) is 0 Å². The molecule has 1 aromatic carbocycles. The molecule has 1 heterocycles. The molecule has 7 heteroatoms. The van der Waals surface area contributed by atoms with E-state index in [1.807, 2.05) is 0 Å². The zero-order valence-corrected chi connectivity index (χ0v) is 14.1. The first-order valence-electron chi connectivity index (χ1n) is 7.73. The van der Waals surface area contributed by atoms with Crippen molar-refractivity contribution in [2.24, 2.45) is 0 Å². The lowest BCUT2D eigenvalue weighted by Gasteiger charge is -2.19. The van der Waals surface area contributed by atoms with Crippen molar-refractivity contribution < 1.29 is 23.0 Å². The number of hydrogen-bond donors (Lipinski definition) is 0. The smallest absolute Gasteiger partial charge is 0.356 e. The van der Waals surface area contributed by atoms with Crippen molar-refractivity contribution >= 4 is 5.97 Å². The number of imidazole rings is 1. The third kappa shape index (κ3) is 3.46. The molecule has 0 radical (unpaired) electrons. The van der Waals surface area contributed by atoms with Crippen LogP contribution in [0, 0.1) is 18.6 Å². The van der Waals surface area contributed by atoms with Crippen LogP contribution in [-0.4, -0.2) is 28.7 Å². The topological polar surface area (TPSA) is 53.3 Å². The minimum atomic E-state index is -0.637. The van der Waals surface area contributed by atoms with Gasteiger partial charge in [-0.3, -0.25) is 4.57 Å². The van der Waals surface area contributed by atoms with Gasteiger partial charge in [-0.2, -0.15) is 0 Å². The van der Waals surface area contributed by atoms with Gasteiger partial charge in [0.25, 0.3) is 0 Å². The molecule has 1 aromatic heterocycles. The number of aromatic nitrogens is 2. The summed E-state index contributed by atoms with van der Waals surface area (Å²) in [5.41, 5.74) is 0.482. The summed E-state index contributed by atoms with van der Waals surface area (Å²) in [6.45, 7) is 7.37. The van der Waals surface area contributed by atoms with Crippen LogP contribution in [0.4, 0.5) is 8.78 Å². The predicted molar refractivity (Wildman–Crippen MR) is 84.6 cm³/mol. The highest BCUT2D eigenvalue weighted by molar-refractivity contribution is 5.90. The van der Waals surface area contributed by atoms with Gasteiger partial charge in [-0.05, 0) is 45.9 Å². The van der Waals surface area contributed by atoms with Crippen molar-refractivity contribution in [3.63, 3.8) is 0 Å². The summed E-state index contributed by atoms with van der Waals surface area (Å²) in [5, 5.41) is 0. The summed E-state index contributed by atoms with van der Waals surface area (Å²) in [7, 11) is 0. The Bertz CT molecular complexity index is 744. The Morgan fingerprint density at radius 2 is 2.00 bits per heavy atom. The lowest BCUT2D eigenvalue weighted by molar-refractivity contribution is 0.0195. The number of esters is 1. The summed E-state index contributed by atoms with van der Waals surface area (Å²) >= 11 is 0. The van der Waals surface area contributed by atoms with Gasteiger partial charge in [-0.1, -0.05) is 0 Å². The van der Waals surface area contributed by atoms with Gasteiger partial charge < -0.3 is 9.47 Å². The molecule has 0 saturated carbocycles. The molecule has 0 aliphatic heterocycles. The number of nitrogens with zero attached hydrogens (tertiary/aromatic N) is 2. The van der Waals surface area contributed by atoms with Crippen molar-refractivity contribution in [1.29, 1.82) is 0 Å². The highest BCUT2D eigenvalue weighted by atomic mass is 19.1. The summed E-state index contributed by atoms with van der Waals surface area (Å²) < 4.78 is 39.8. The van der Waals surface area contributed by atoms with E-state index in [4.69, 9.17) is 9.47 Å². The Labute approximate surface area is 139 Å². The molecule has 130 valence electrons. The molecular formula is C17H20F2N2O3. The van der Waals surface area contributed by atoms with Gasteiger partial charge in [0.05, 0.1) is 17.9 Å². The van der Waals surface area contributed by atoms with Gasteiger partial charge in [0, 0.05) is 6.61 Å². The van der Waals surface area contributed by atoms with Gasteiger partial charge in [0.2, 0.25) is 0 Å². The molecule has 0 aliphatic rings. The van der Waals surface area contributed by atoms with Gasteiger partial charge in [-0.15, -0.1) is 0 Å². The fourth-order valence-electron chi connectivity index (χ4n) is 2.52. The Hall–Kier alpha value is -2.28. The Balaban J connectivity index is 2.69. The van der Waals surface area contributed by atoms with Gasteiger partial charge in [0.1, 0.15) is 23.7 Å². The van der Waals surface area contributed by atoms with E-state index >= 15 is 0 Å². The second-order valence-electron chi connectivity index (χ2n) is 5.14. The van der Waals surface area contributed by atoms with Crippen molar-refractivity contribution in [2.45, 2.75) is 33.9 Å². The SMILES string of the molecule is CCOC(=O)c1c(C)nc(-c2cc(F)ccc2F)n1C(C)OCC. The molecule has 0 amide bonds. The summed E-state index contributed by atoms with van der Waals surface area (Å²) in [5.74, 6) is -1.70.